The largest absolute Gasteiger partial charge is 0.384 e. The highest BCUT2D eigenvalue weighted by Gasteiger charge is 2.19. The van der Waals surface area contributed by atoms with Gasteiger partial charge in [0.15, 0.2) is 0 Å². The van der Waals surface area contributed by atoms with Gasteiger partial charge in [-0.25, -0.2) is 4.98 Å². The predicted octanol–water partition coefficient (Wildman–Crippen LogP) is 0.771. The average molecular weight is 254 g/mol. The fraction of sp³-hybridized carbons (Fsp3) is 0.455. The molecule has 2 heterocycles. The molecular weight excluding hydrogens is 238 g/mol. The Hall–Kier alpha value is -1.33. The lowest BCUT2D eigenvalue weighted by Crippen LogP contribution is -2.45. The molecule has 1 aliphatic heterocycles. The van der Waals surface area contributed by atoms with Crippen molar-refractivity contribution in [1.82, 2.24) is 9.88 Å². The SMILES string of the molecule is CN1CCN(c2nccc(C(=N)N)c2Cl)CC1. The van der Waals surface area contributed by atoms with E-state index >= 15 is 0 Å². The molecule has 1 aromatic rings. The number of hydrogen-bond donors (Lipinski definition) is 2. The standard InChI is InChI=1S/C11H16ClN5/c1-16-4-6-17(7-5-16)11-9(12)8(10(13)14)2-3-15-11/h2-3H,4-7H2,1H3,(H3,13,14). The molecule has 0 amide bonds. The molecular formula is C11H16ClN5. The summed E-state index contributed by atoms with van der Waals surface area (Å²) in [5, 5.41) is 7.93. The maximum absolute atomic E-state index is 7.46. The zero-order valence-corrected chi connectivity index (χ0v) is 10.5. The van der Waals surface area contributed by atoms with Gasteiger partial charge < -0.3 is 15.5 Å². The van der Waals surface area contributed by atoms with E-state index < -0.39 is 0 Å². The number of rotatable bonds is 2. The van der Waals surface area contributed by atoms with Crippen molar-refractivity contribution in [2.24, 2.45) is 5.73 Å². The highest BCUT2D eigenvalue weighted by molar-refractivity contribution is 6.36. The smallest absolute Gasteiger partial charge is 0.148 e. The molecule has 0 saturated carbocycles. The van der Waals surface area contributed by atoms with Gasteiger partial charge in [-0.2, -0.15) is 0 Å². The Bertz CT molecular complexity index is 426. The molecule has 17 heavy (non-hydrogen) atoms. The molecule has 1 saturated heterocycles. The summed E-state index contributed by atoms with van der Waals surface area (Å²) in [6, 6.07) is 1.67. The van der Waals surface area contributed by atoms with Crippen LogP contribution in [0.1, 0.15) is 5.56 Å². The number of likely N-dealkylation sites (N-methyl/N-ethyl adjacent to an activating group) is 1. The third kappa shape index (κ3) is 2.50. The lowest BCUT2D eigenvalue weighted by Gasteiger charge is -2.33. The normalized spacial score (nSPS) is 17.2. The summed E-state index contributed by atoms with van der Waals surface area (Å²) in [5.41, 5.74) is 6.03. The topological polar surface area (TPSA) is 69.2 Å². The van der Waals surface area contributed by atoms with Crippen molar-refractivity contribution >= 4 is 23.3 Å². The highest BCUT2D eigenvalue weighted by atomic mass is 35.5. The van der Waals surface area contributed by atoms with Crippen LogP contribution >= 0.6 is 11.6 Å². The zero-order valence-electron chi connectivity index (χ0n) is 9.78. The fourth-order valence-electron chi connectivity index (χ4n) is 1.88. The molecule has 0 aromatic carbocycles. The molecule has 2 rings (SSSR count). The van der Waals surface area contributed by atoms with Crippen LogP contribution in [0, 0.1) is 5.41 Å². The maximum Gasteiger partial charge on any atom is 0.148 e. The Morgan fingerprint density at radius 1 is 1.41 bits per heavy atom. The van der Waals surface area contributed by atoms with Crippen LogP contribution in [-0.4, -0.2) is 48.9 Å². The highest BCUT2D eigenvalue weighted by Crippen LogP contribution is 2.27. The van der Waals surface area contributed by atoms with Gasteiger partial charge in [0.05, 0.1) is 5.02 Å². The van der Waals surface area contributed by atoms with Gasteiger partial charge in [0.1, 0.15) is 11.7 Å². The van der Waals surface area contributed by atoms with E-state index in [4.69, 9.17) is 22.7 Å². The number of nitrogens with one attached hydrogen (secondary N) is 1. The molecule has 0 atom stereocenters. The molecule has 1 aromatic heterocycles. The molecule has 6 heteroatoms. The molecule has 0 spiro atoms. The van der Waals surface area contributed by atoms with Crippen LogP contribution in [0.3, 0.4) is 0 Å². The van der Waals surface area contributed by atoms with E-state index in [0.29, 0.717) is 10.6 Å². The van der Waals surface area contributed by atoms with Crippen molar-refractivity contribution in [1.29, 1.82) is 5.41 Å². The Balaban J connectivity index is 2.27. The van der Waals surface area contributed by atoms with Crippen molar-refractivity contribution in [2.45, 2.75) is 0 Å². The van der Waals surface area contributed by atoms with Crippen LogP contribution in [0.2, 0.25) is 5.02 Å². The summed E-state index contributed by atoms with van der Waals surface area (Å²) in [7, 11) is 2.10. The minimum absolute atomic E-state index is 0.0206. The minimum Gasteiger partial charge on any atom is -0.384 e. The summed E-state index contributed by atoms with van der Waals surface area (Å²) < 4.78 is 0. The Morgan fingerprint density at radius 2 is 2.06 bits per heavy atom. The Morgan fingerprint density at radius 3 is 2.65 bits per heavy atom. The van der Waals surface area contributed by atoms with Gasteiger partial charge in [-0.3, -0.25) is 5.41 Å². The van der Waals surface area contributed by atoms with Crippen LogP contribution in [0.15, 0.2) is 12.3 Å². The van der Waals surface area contributed by atoms with Gasteiger partial charge in [0, 0.05) is 37.9 Å². The van der Waals surface area contributed by atoms with Crippen LogP contribution in [0.4, 0.5) is 5.82 Å². The van der Waals surface area contributed by atoms with Gasteiger partial charge >= 0.3 is 0 Å². The van der Waals surface area contributed by atoms with Gasteiger partial charge in [-0.15, -0.1) is 0 Å². The van der Waals surface area contributed by atoms with Crippen molar-refractivity contribution in [2.75, 3.05) is 38.1 Å². The van der Waals surface area contributed by atoms with E-state index in [0.717, 1.165) is 32.0 Å². The zero-order chi connectivity index (χ0) is 12.4. The van der Waals surface area contributed by atoms with E-state index in [-0.39, 0.29) is 5.84 Å². The second-order valence-corrected chi connectivity index (χ2v) is 4.58. The second kappa shape index (κ2) is 4.89. The molecule has 3 N–H and O–H groups in total. The third-order valence-electron chi connectivity index (χ3n) is 2.96. The number of hydrogen-bond acceptors (Lipinski definition) is 4. The van der Waals surface area contributed by atoms with Crippen LogP contribution < -0.4 is 10.6 Å². The fourth-order valence-corrected chi connectivity index (χ4v) is 2.21. The molecule has 1 fully saturated rings. The van der Waals surface area contributed by atoms with Crippen molar-refractivity contribution in [3.8, 4) is 0 Å². The first-order valence-electron chi connectivity index (χ1n) is 5.52. The number of aromatic nitrogens is 1. The maximum atomic E-state index is 7.46. The Kier molecular flexibility index (Phi) is 3.49. The quantitative estimate of drug-likeness (QED) is 0.604. The number of pyridine rings is 1. The number of halogens is 1. The van der Waals surface area contributed by atoms with Crippen LogP contribution in [0.25, 0.3) is 0 Å². The molecule has 1 aliphatic rings. The molecule has 5 nitrogen and oxygen atoms in total. The van der Waals surface area contributed by atoms with E-state index in [1.807, 2.05) is 0 Å². The third-order valence-corrected chi connectivity index (χ3v) is 3.34. The number of nitrogens with zero attached hydrogens (tertiary/aromatic N) is 3. The first kappa shape index (κ1) is 12.1. The molecule has 0 bridgehead atoms. The summed E-state index contributed by atoms with van der Waals surface area (Å²) in [4.78, 5) is 8.69. The van der Waals surface area contributed by atoms with Crippen molar-refractivity contribution in [3.05, 3.63) is 22.8 Å². The van der Waals surface area contributed by atoms with E-state index in [1.54, 1.807) is 12.3 Å². The first-order chi connectivity index (χ1) is 8.09. The molecule has 0 unspecified atom stereocenters. The van der Waals surface area contributed by atoms with Gasteiger partial charge in [-0.1, -0.05) is 11.6 Å². The lowest BCUT2D eigenvalue weighted by atomic mass is 10.2. The van der Waals surface area contributed by atoms with Gasteiger partial charge in [0.2, 0.25) is 0 Å². The minimum atomic E-state index is -0.0206. The van der Waals surface area contributed by atoms with Gasteiger partial charge in [-0.05, 0) is 13.1 Å². The average Bonchev–Trinajstić information content (AvgIpc) is 2.30. The summed E-state index contributed by atoms with van der Waals surface area (Å²) in [6.45, 7) is 3.76. The first-order valence-corrected chi connectivity index (χ1v) is 5.90. The number of nitrogens with two attached hydrogens (primary N) is 1. The van der Waals surface area contributed by atoms with Crippen LogP contribution in [0.5, 0.6) is 0 Å². The van der Waals surface area contributed by atoms with Crippen molar-refractivity contribution < 1.29 is 0 Å². The van der Waals surface area contributed by atoms with E-state index in [1.165, 1.54) is 0 Å². The molecule has 92 valence electrons. The number of nitrogen functional groups attached to an aromatic ring is 1. The van der Waals surface area contributed by atoms with Gasteiger partial charge in [0.25, 0.3) is 0 Å². The van der Waals surface area contributed by atoms with Crippen molar-refractivity contribution in [3.63, 3.8) is 0 Å². The number of anilines is 1. The van der Waals surface area contributed by atoms with E-state index in [2.05, 4.69) is 21.8 Å². The van der Waals surface area contributed by atoms with Crippen LogP contribution in [-0.2, 0) is 0 Å². The van der Waals surface area contributed by atoms with E-state index in [9.17, 15) is 0 Å². The lowest BCUT2D eigenvalue weighted by molar-refractivity contribution is 0.312. The molecule has 0 aliphatic carbocycles. The molecule has 0 radical (unpaired) electrons. The second-order valence-electron chi connectivity index (χ2n) is 4.20. The summed E-state index contributed by atoms with van der Waals surface area (Å²) in [5.74, 6) is 0.709. The number of amidine groups is 1. The predicted molar refractivity (Wildman–Crippen MR) is 70.0 cm³/mol. The summed E-state index contributed by atoms with van der Waals surface area (Å²) in [6.07, 6.45) is 1.65. The number of piperazine rings is 1. The summed E-state index contributed by atoms with van der Waals surface area (Å²) >= 11 is 6.23. The Labute approximate surface area is 106 Å². The monoisotopic (exact) mass is 253 g/mol.